The molecule has 0 radical (unpaired) electrons. The fraction of sp³-hybridized carbons (Fsp3) is 0.615. The average molecular weight is 288 g/mol. The highest BCUT2D eigenvalue weighted by atomic mass is 35.5. The summed E-state index contributed by atoms with van der Waals surface area (Å²) in [6.07, 6.45) is 1.94. The van der Waals surface area contributed by atoms with E-state index in [2.05, 4.69) is 4.90 Å². The van der Waals surface area contributed by atoms with Gasteiger partial charge in [0.1, 0.15) is 0 Å². The summed E-state index contributed by atoms with van der Waals surface area (Å²) >= 11 is 7.20. The predicted octanol–water partition coefficient (Wildman–Crippen LogP) is 2.68. The van der Waals surface area contributed by atoms with Gasteiger partial charge in [0, 0.05) is 6.61 Å². The van der Waals surface area contributed by atoms with Crippen LogP contribution in [0.25, 0.3) is 0 Å². The van der Waals surface area contributed by atoms with E-state index in [4.69, 9.17) is 16.7 Å². The van der Waals surface area contributed by atoms with Crippen LogP contribution in [0.5, 0.6) is 0 Å². The molecule has 0 saturated carbocycles. The van der Waals surface area contributed by atoms with Crippen molar-refractivity contribution < 1.29 is 9.90 Å². The molecule has 2 heterocycles. The third-order valence-corrected chi connectivity index (χ3v) is 4.90. The van der Waals surface area contributed by atoms with Crippen LogP contribution in [0.4, 0.5) is 0 Å². The van der Waals surface area contributed by atoms with Crippen LogP contribution in [0.3, 0.4) is 0 Å². The fourth-order valence-corrected chi connectivity index (χ4v) is 3.41. The molecule has 1 N–H and O–H groups in total. The van der Waals surface area contributed by atoms with Gasteiger partial charge in [-0.05, 0) is 50.9 Å². The van der Waals surface area contributed by atoms with Crippen LogP contribution in [0.15, 0.2) is 12.1 Å². The van der Waals surface area contributed by atoms with Crippen LogP contribution in [-0.2, 0) is 0 Å². The predicted molar refractivity (Wildman–Crippen MR) is 74.5 cm³/mol. The molecule has 1 aromatic rings. The van der Waals surface area contributed by atoms with E-state index in [9.17, 15) is 4.79 Å². The summed E-state index contributed by atoms with van der Waals surface area (Å²) in [6.45, 7) is 3.99. The zero-order chi connectivity index (χ0) is 13.1. The Hall–Kier alpha value is -0.420. The molecule has 1 fully saturated rings. The molecule has 1 aromatic heterocycles. The molecule has 0 aliphatic carbocycles. The lowest BCUT2D eigenvalue weighted by molar-refractivity contribution is 0.0725. The van der Waals surface area contributed by atoms with Crippen LogP contribution in [0.2, 0.25) is 4.34 Å². The number of hydrogen-bond donors (Lipinski definition) is 1. The van der Waals surface area contributed by atoms with Crippen molar-refractivity contribution in [2.24, 2.45) is 5.92 Å². The first-order chi connectivity index (χ1) is 8.61. The van der Waals surface area contributed by atoms with Gasteiger partial charge in [-0.15, -0.1) is 11.3 Å². The van der Waals surface area contributed by atoms with Gasteiger partial charge >= 0.3 is 0 Å². The molecule has 18 heavy (non-hydrogen) atoms. The number of carbonyl (C=O) groups excluding carboxylic acids is 1. The Labute approximate surface area is 116 Å². The summed E-state index contributed by atoms with van der Waals surface area (Å²) in [5, 5.41) is 9.11. The maximum absolute atomic E-state index is 12.3. The van der Waals surface area contributed by atoms with Crippen LogP contribution >= 0.6 is 22.9 Å². The van der Waals surface area contributed by atoms with E-state index in [1.165, 1.54) is 11.3 Å². The third kappa shape index (κ3) is 3.12. The van der Waals surface area contributed by atoms with Gasteiger partial charge in [0.15, 0.2) is 5.78 Å². The molecule has 100 valence electrons. The molecule has 1 aliphatic heterocycles. The monoisotopic (exact) mass is 287 g/mol. The van der Waals surface area contributed by atoms with Gasteiger partial charge < -0.3 is 5.11 Å². The topological polar surface area (TPSA) is 40.5 Å². The molecule has 0 aromatic carbocycles. The van der Waals surface area contributed by atoms with Gasteiger partial charge in [-0.25, -0.2) is 0 Å². The van der Waals surface area contributed by atoms with Crippen molar-refractivity contribution >= 4 is 28.7 Å². The number of Topliss-reactive ketones (excluding diaryl/α,β-unsaturated/α-hetero) is 1. The van der Waals surface area contributed by atoms with Crippen LogP contribution in [-0.4, -0.2) is 41.5 Å². The van der Waals surface area contributed by atoms with Crippen LogP contribution < -0.4 is 0 Å². The Bertz CT molecular complexity index is 413. The number of thiophene rings is 1. The van der Waals surface area contributed by atoms with E-state index in [1.807, 2.05) is 6.92 Å². The zero-order valence-corrected chi connectivity index (χ0v) is 12.0. The van der Waals surface area contributed by atoms with Crippen LogP contribution in [0, 0.1) is 5.92 Å². The maximum atomic E-state index is 12.3. The van der Waals surface area contributed by atoms with E-state index in [0.717, 1.165) is 30.8 Å². The number of rotatable bonds is 4. The minimum atomic E-state index is -0.0978. The Balaban J connectivity index is 1.95. The normalized spacial score (nSPS) is 19.9. The molecule has 1 atom stereocenters. The van der Waals surface area contributed by atoms with E-state index in [0.29, 0.717) is 10.3 Å². The van der Waals surface area contributed by atoms with Gasteiger partial charge in [0.2, 0.25) is 0 Å². The summed E-state index contributed by atoms with van der Waals surface area (Å²) in [5.74, 6) is 0.550. The standard InChI is InChI=1S/C13H18ClNO2S/c1-9(13(17)11-2-3-12(14)18-11)15-6-4-10(8-16)5-7-15/h2-3,9-10,16H,4-8H2,1H3. The number of halogens is 1. The summed E-state index contributed by atoms with van der Waals surface area (Å²) < 4.78 is 0.657. The van der Waals surface area contributed by atoms with E-state index in [-0.39, 0.29) is 18.4 Å². The SMILES string of the molecule is CC(C(=O)c1ccc(Cl)s1)N1CCC(CO)CC1. The Morgan fingerprint density at radius 1 is 1.56 bits per heavy atom. The summed E-state index contributed by atoms with van der Waals surface area (Å²) in [4.78, 5) is 15.2. The molecule has 0 bridgehead atoms. The van der Waals surface area contributed by atoms with Crippen molar-refractivity contribution in [3.05, 3.63) is 21.3 Å². The highest BCUT2D eigenvalue weighted by Gasteiger charge is 2.27. The lowest BCUT2D eigenvalue weighted by atomic mass is 9.96. The molecule has 1 saturated heterocycles. The van der Waals surface area contributed by atoms with Gasteiger partial charge in [-0.1, -0.05) is 11.6 Å². The van der Waals surface area contributed by atoms with Crippen LogP contribution in [0.1, 0.15) is 29.4 Å². The van der Waals surface area contributed by atoms with E-state index in [1.54, 1.807) is 12.1 Å². The van der Waals surface area contributed by atoms with Crippen molar-refractivity contribution in [1.82, 2.24) is 4.90 Å². The quantitative estimate of drug-likeness (QED) is 0.866. The Kier molecular flexibility index (Phi) is 4.78. The third-order valence-electron chi connectivity index (χ3n) is 3.65. The second-order valence-corrected chi connectivity index (χ2v) is 6.52. The van der Waals surface area contributed by atoms with Gasteiger partial charge in [0.25, 0.3) is 0 Å². The zero-order valence-electron chi connectivity index (χ0n) is 10.4. The number of piperidine rings is 1. The number of nitrogens with zero attached hydrogens (tertiary/aromatic N) is 1. The van der Waals surface area contributed by atoms with Crippen molar-refractivity contribution in [3.8, 4) is 0 Å². The van der Waals surface area contributed by atoms with Crippen molar-refractivity contribution in [2.45, 2.75) is 25.8 Å². The largest absolute Gasteiger partial charge is 0.396 e. The number of aliphatic hydroxyl groups is 1. The average Bonchev–Trinajstić information content (AvgIpc) is 2.84. The van der Waals surface area contributed by atoms with Gasteiger partial charge in [-0.3, -0.25) is 9.69 Å². The second kappa shape index (κ2) is 6.15. The Morgan fingerprint density at radius 2 is 2.22 bits per heavy atom. The smallest absolute Gasteiger partial charge is 0.189 e. The minimum Gasteiger partial charge on any atom is -0.396 e. The molecule has 0 amide bonds. The highest BCUT2D eigenvalue weighted by molar-refractivity contribution is 7.18. The lowest BCUT2D eigenvalue weighted by Crippen LogP contribution is -2.44. The highest BCUT2D eigenvalue weighted by Crippen LogP contribution is 2.25. The second-order valence-electron chi connectivity index (χ2n) is 4.81. The number of aliphatic hydroxyl groups excluding tert-OH is 1. The van der Waals surface area contributed by atoms with E-state index >= 15 is 0 Å². The number of ketones is 1. The summed E-state index contributed by atoms with van der Waals surface area (Å²) in [7, 11) is 0. The molecule has 1 unspecified atom stereocenters. The van der Waals surface area contributed by atoms with Crippen molar-refractivity contribution in [2.75, 3.05) is 19.7 Å². The summed E-state index contributed by atoms with van der Waals surface area (Å²) in [6, 6.07) is 3.47. The van der Waals surface area contributed by atoms with Crippen molar-refractivity contribution in [1.29, 1.82) is 0 Å². The first kappa shape index (κ1) is 14.0. The molecule has 0 spiro atoms. The first-order valence-electron chi connectivity index (χ1n) is 6.26. The molecule has 5 heteroatoms. The summed E-state index contributed by atoms with van der Waals surface area (Å²) in [5.41, 5.74) is 0. The molecular weight excluding hydrogens is 270 g/mol. The van der Waals surface area contributed by atoms with Crippen molar-refractivity contribution in [3.63, 3.8) is 0 Å². The number of likely N-dealkylation sites (tertiary alicyclic amines) is 1. The first-order valence-corrected chi connectivity index (χ1v) is 7.45. The van der Waals surface area contributed by atoms with Gasteiger partial charge in [-0.2, -0.15) is 0 Å². The molecule has 3 nitrogen and oxygen atoms in total. The maximum Gasteiger partial charge on any atom is 0.189 e. The van der Waals surface area contributed by atoms with E-state index < -0.39 is 0 Å². The van der Waals surface area contributed by atoms with Gasteiger partial charge in [0.05, 0.1) is 15.3 Å². The minimum absolute atomic E-state index is 0.0978. The number of hydrogen-bond acceptors (Lipinski definition) is 4. The Morgan fingerprint density at radius 3 is 2.72 bits per heavy atom. The molecule has 1 aliphatic rings. The fourth-order valence-electron chi connectivity index (χ4n) is 2.34. The lowest BCUT2D eigenvalue weighted by Gasteiger charge is -2.34. The molecular formula is C13H18ClNO2S. The molecule has 2 rings (SSSR count). The number of carbonyl (C=O) groups is 1.